The Balaban J connectivity index is 3.70. The summed E-state index contributed by atoms with van der Waals surface area (Å²) < 4.78 is 0. The van der Waals surface area contributed by atoms with Crippen LogP contribution < -0.4 is 10.7 Å². The fraction of sp³-hybridized carbons (Fsp3) is 0.875. The van der Waals surface area contributed by atoms with E-state index in [1.807, 2.05) is 6.92 Å². The van der Waals surface area contributed by atoms with E-state index < -0.39 is 0 Å². The van der Waals surface area contributed by atoms with Gasteiger partial charge in [0.2, 0.25) is 0 Å². The minimum atomic E-state index is 0.0160. The highest BCUT2D eigenvalue weighted by molar-refractivity contribution is 5.83. The molecular formula is C16H33N3O. The molecule has 0 radical (unpaired) electrons. The monoisotopic (exact) mass is 283 g/mol. The zero-order chi connectivity index (χ0) is 15.1. The van der Waals surface area contributed by atoms with Gasteiger partial charge < -0.3 is 10.7 Å². The van der Waals surface area contributed by atoms with Crippen LogP contribution in [0.3, 0.4) is 0 Å². The van der Waals surface area contributed by atoms with Crippen molar-refractivity contribution in [1.82, 2.24) is 10.7 Å². The van der Waals surface area contributed by atoms with E-state index >= 15 is 0 Å². The summed E-state index contributed by atoms with van der Waals surface area (Å²) in [7, 11) is 0. The molecule has 4 heteroatoms. The zero-order valence-electron chi connectivity index (χ0n) is 13.4. The van der Waals surface area contributed by atoms with E-state index in [2.05, 4.69) is 29.5 Å². The van der Waals surface area contributed by atoms with Crippen LogP contribution >= 0.6 is 0 Å². The van der Waals surface area contributed by atoms with Gasteiger partial charge in [-0.2, -0.15) is 5.10 Å². The summed E-state index contributed by atoms with van der Waals surface area (Å²) in [6.45, 7) is 9.29. The van der Waals surface area contributed by atoms with Crippen LogP contribution in [0.15, 0.2) is 5.10 Å². The quantitative estimate of drug-likeness (QED) is 0.275. The van der Waals surface area contributed by atoms with E-state index in [-0.39, 0.29) is 6.04 Å². The van der Waals surface area contributed by atoms with Crippen molar-refractivity contribution in [1.29, 1.82) is 0 Å². The first-order valence-electron chi connectivity index (χ1n) is 8.20. The number of Topliss-reactive ketones (excluding diaryl/α,β-unsaturated/α-hetero) is 1. The lowest BCUT2D eigenvalue weighted by Gasteiger charge is -2.17. The standard InChI is InChI=1S/C16H33N3O/c1-4-6-7-8-9-10-13-18-15(16(20)5-2)12-11-14-19-17-3/h15,18-19H,3-14H2,1-2H3. The number of nitrogens with one attached hydrogen (secondary N) is 2. The number of nitrogens with zero attached hydrogens (tertiary/aromatic N) is 1. The number of carbonyl (C=O) groups excluding carboxylic acids is 1. The number of hydrogen-bond acceptors (Lipinski definition) is 4. The first-order valence-corrected chi connectivity index (χ1v) is 8.20. The molecule has 0 aromatic carbocycles. The number of ketones is 1. The Labute approximate surface area is 124 Å². The largest absolute Gasteiger partial charge is 0.311 e. The predicted octanol–water partition coefficient (Wildman–Crippen LogP) is 3.27. The Morgan fingerprint density at radius 2 is 1.75 bits per heavy atom. The third-order valence-electron chi connectivity index (χ3n) is 3.55. The molecule has 0 spiro atoms. The van der Waals surface area contributed by atoms with E-state index in [4.69, 9.17) is 0 Å². The Kier molecular flexibility index (Phi) is 13.9. The normalized spacial score (nSPS) is 12.1. The molecular weight excluding hydrogens is 250 g/mol. The summed E-state index contributed by atoms with van der Waals surface area (Å²) in [5, 5.41) is 7.02. The van der Waals surface area contributed by atoms with Crippen molar-refractivity contribution in [2.75, 3.05) is 13.1 Å². The first kappa shape index (κ1) is 19.1. The van der Waals surface area contributed by atoms with Gasteiger partial charge >= 0.3 is 0 Å². The van der Waals surface area contributed by atoms with Crippen LogP contribution in [0, 0.1) is 0 Å². The summed E-state index contributed by atoms with van der Waals surface area (Å²) in [6, 6.07) is 0.0160. The highest BCUT2D eigenvalue weighted by Gasteiger charge is 2.14. The van der Waals surface area contributed by atoms with Crippen LogP contribution in [0.2, 0.25) is 0 Å². The molecule has 0 amide bonds. The van der Waals surface area contributed by atoms with Gasteiger partial charge in [-0.3, -0.25) is 4.79 Å². The summed E-state index contributed by atoms with van der Waals surface area (Å²) in [6.07, 6.45) is 10.2. The van der Waals surface area contributed by atoms with Crippen LogP contribution in [0.1, 0.15) is 71.6 Å². The number of hydrazone groups is 1. The molecule has 0 saturated heterocycles. The zero-order valence-corrected chi connectivity index (χ0v) is 13.4. The molecule has 1 atom stereocenters. The molecule has 0 aromatic rings. The van der Waals surface area contributed by atoms with Crippen LogP contribution in [0.4, 0.5) is 0 Å². The summed E-state index contributed by atoms with van der Waals surface area (Å²) in [4.78, 5) is 11.9. The summed E-state index contributed by atoms with van der Waals surface area (Å²) in [5.41, 5.74) is 2.83. The number of carbonyl (C=O) groups is 1. The third kappa shape index (κ3) is 11.0. The SMILES string of the molecule is C=NNCCCC(NCCCCCCCC)C(=O)CC. The maximum atomic E-state index is 11.9. The number of rotatable bonds is 15. The highest BCUT2D eigenvalue weighted by Crippen LogP contribution is 2.06. The molecule has 0 aliphatic heterocycles. The minimum absolute atomic E-state index is 0.0160. The minimum Gasteiger partial charge on any atom is -0.311 e. The van der Waals surface area contributed by atoms with Crippen molar-refractivity contribution in [3.8, 4) is 0 Å². The fourth-order valence-electron chi connectivity index (χ4n) is 2.27. The molecule has 0 aliphatic rings. The van der Waals surface area contributed by atoms with Crippen LogP contribution in [-0.4, -0.2) is 31.6 Å². The lowest BCUT2D eigenvalue weighted by Crippen LogP contribution is -2.37. The van der Waals surface area contributed by atoms with E-state index in [9.17, 15) is 4.79 Å². The van der Waals surface area contributed by atoms with Crippen molar-refractivity contribution in [2.24, 2.45) is 5.10 Å². The molecule has 2 N–H and O–H groups in total. The van der Waals surface area contributed by atoms with Gasteiger partial charge in [-0.05, 0) is 25.8 Å². The van der Waals surface area contributed by atoms with Gasteiger partial charge in [-0.1, -0.05) is 46.0 Å². The molecule has 0 heterocycles. The maximum Gasteiger partial charge on any atom is 0.149 e. The van der Waals surface area contributed by atoms with E-state index in [0.29, 0.717) is 12.2 Å². The Bertz CT molecular complexity index is 244. The van der Waals surface area contributed by atoms with Crippen LogP contribution in [0.25, 0.3) is 0 Å². The third-order valence-corrected chi connectivity index (χ3v) is 3.55. The smallest absolute Gasteiger partial charge is 0.149 e. The molecule has 118 valence electrons. The van der Waals surface area contributed by atoms with Crippen molar-refractivity contribution in [3.63, 3.8) is 0 Å². The second-order valence-electron chi connectivity index (χ2n) is 5.30. The molecule has 0 saturated carbocycles. The Hall–Kier alpha value is -0.900. The number of unbranched alkanes of at least 4 members (excludes halogenated alkanes) is 5. The Morgan fingerprint density at radius 1 is 1.05 bits per heavy atom. The van der Waals surface area contributed by atoms with Gasteiger partial charge in [0.1, 0.15) is 5.78 Å². The van der Waals surface area contributed by atoms with E-state index in [1.165, 1.54) is 38.5 Å². The lowest BCUT2D eigenvalue weighted by atomic mass is 10.0. The van der Waals surface area contributed by atoms with Crippen molar-refractivity contribution in [2.45, 2.75) is 77.7 Å². The molecule has 0 aliphatic carbocycles. The summed E-state index contributed by atoms with van der Waals surface area (Å²) >= 11 is 0. The average Bonchev–Trinajstić information content (AvgIpc) is 2.47. The summed E-state index contributed by atoms with van der Waals surface area (Å²) in [5.74, 6) is 0.322. The van der Waals surface area contributed by atoms with Crippen LogP contribution in [-0.2, 0) is 4.79 Å². The second-order valence-corrected chi connectivity index (χ2v) is 5.30. The first-order chi connectivity index (χ1) is 9.76. The second kappa shape index (κ2) is 14.5. The van der Waals surface area contributed by atoms with Gasteiger partial charge in [0.05, 0.1) is 6.04 Å². The van der Waals surface area contributed by atoms with Gasteiger partial charge in [0.25, 0.3) is 0 Å². The Morgan fingerprint density at radius 3 is 2.40 bits per heavy atom. The van der Waals surface area contributed by atoms with Crippen molar-refractivity contribution >= 4 is 12.5 Å². The molecule has 0 aromatic heterocycles. The lowest BCUT2D eigenvalue weighted by molar-refractivity contribution is -0.120. The van der Waals surface area contributed by atoms with Gasteiger partial charge in [0, 0.05) is 19.7 Å². The van der Waals surface area contributed by atoms with E-state index in [0.717, 1.165) is 25.9 Å². The van der Waals surface area contributed by atoms with Crippen molar-refractivity contribution in [3.05, 3.63) is 0 Å². The maximum absolute atomic E-state index is 11.9. The highest BCUT2D eigenvalue weighted by atomic mass is 16.1. The molecule has 0 bridgehead atoms. The molecule has 4 nitrogen and oxygen atoms in total. The fourth-order valence-corrected chi connectivity index (χ4v) is 2.27. The molecule has 0 fully saturated rings. The van der Waals surface area contributed by atoms with Gasteiger partial charge in [-0.25, -0.2) is 0 Å². The van der Waals surface area contributed by atoms with Crippen molar-refractivity contribution < 1.29 is 4.79 Å². The molecule has 1 unspecified atom stereocenters. The molecule has 20 heavy (non-hydrogen) atoms. The van der Waals surface area contributed by atoms with Crippen LogP contribution in [0.5, 0.6) is 0 Å². The molecule has 0 rings (SSSR count). The average molecular weight is 283 g/mol. The van der Waals surface area contributed by atoms with Gasteiger partial charge in [-0.15, -0.1) is 0 Å². The van der Waals surface area contributed by atoms with E-state index in [1.54, 1.807) is 0 Å². The predicted molar refractivity (Wildman–Crippen MR) is 87.3 cm³/mol. The topological polar surface area (TPSA) is 53.5 Å². The van der Waals surface area contributed by atoms with Gasteiger partial charge in [0.15, 0.2) is 0 Å². The number of hydrogen-bond donors (Lipinski definition) is 2.